The zero-order valence-corrected chi connectivity index (χ0v) is 14.7. The molecule has 2 aliphatic heterocycles. The fraction of sp³-hybridized carbons (Fsp3) is 0.750. The topological polar surface area (TPSA) is 54.9 Å². The van der Waals surface area contributed by atoms with Gasteiger partial charge in [0.25, 0.3) is 0 Å². The molecule has 128 valence electrons. The Bertz CT molecular complexity index is 513. The van der Waals surface area contributed by atoms with Gasteiger partial charge in [0.2, 0.25) is 5.91 Å². The highest BCUT2D eigenvalue weighted by atomic mass is 32.1. The molecule has 7 heteroatoms. The van der Waals surface area contributed by atoms with Crippen LogP contribution in [0.15, 0.2) is 11.6 Å². The van der Waals surface area contributed by atoms with Crippen LogP contribution in [0.3, 0.4) is 0 Å². The first-order valence-corrected chi connectivity index (χ1v) is 9.01. The van der Waals surface area contributed by atoms with Gasteiger partial charge in [-0.2, -0.15) is 0 Å². The monoisotopic (exact) mass is 339 g/mol. The third-order valence-corrected chi connectivity index (χ3v) is 5.49. The standard InChI is InChI=1S/C16H25N3O3S/c1-18(2)15(20)12-21-13-9-16(22-11-13)3-6-19(7-4-16)10-14-17-5-8-23-14/h5,8,13H,3-4,6-7,9-12H2,1-2H3. The van der Waals surface area contributed by atoms with Gasteiger partial charge in [-0.25, -0.2) is 4.98 Å². The van der Waals surface area contributed by atoms with Gasteiger partial charge in [-0.15, -0.1) is 11.3 Å². The molecule has 0 N–H and O–H groups in total. The predicted octanol–water partition coefficient (Wildman–Crippen LogP) is 1.37. The van der Waals surface area contributed by atoms with Crippen molar-refractivity contribution in [2.45, 2.75) is 37.5 Å². The highest BCUT2D eigenvalue weighted by molar-refractivity contribution is 7.09. The van der Waals surface area contributed by atoms with E-state index in [1.807, 2.05) is 11.6 Å². The van der Waals surface area contributed by atoms with E-state index in [2.05, 4.69) is 9.88 Å². The molecule has 23 heavy (non-hydrogen) atoms. The third kappa shape index (κ3) is 4.29. The summed E-state index contributed by atoms with van der Waals surface area (Å²) in [7, 11) is 3.49. The summed E-state index contributed by atoms with van der Waals surface area (Å²) in [4.78, 5) is 20.0. The third-order valence-electron chi connectivity index (χ3n) is 4.73. The van der Waals surface area contributed by atoms with Crippen molar-refractivity contribution in [3.05, 3.63) is 16.6 Å². The van der Waals surface area contributed by atoms with Crippen molar-refractivity contribution in [1.82, 2.24) is 14.8 Å². The maximum Gasteiger partial charge on any atom is 0.248 e. The fourth-order valence-corrected chi connectivity index (χ4v) is 3.87. The molecule has 2 aliphatic rings. The van der Waals surface area contributed by atoms with Gasteiger partial charge in [-0.3, -0.25) is 9.69 Å². The molecule has 2 saturated heterocycles. The quantitative estimate of drug-likeness (QED) is 0.811. The second kappa shape index (κ2) is 7.25. The summed E-state index contributed by atoms with van der Waals surface area (Å²) in [6.07, 6.45) is 4.87. The van der Waals surface area contributed by atoms with Crippen LogP contribution >= 0.6 is 11.3 Å². The summed E-state index contributed by atoms with van der Waals surface area (Å²) in [5, 5.41) is 3.20. The SMILES string of the molecule is CN(C)C(=O)COC1COC2(CCN(Cc3nccs3)CC2)C1. The number of hydrogen-bond donors (Lipinski definition) is 0. The van der Waals surface area contributed by atoms with Gasteiger partial charge in [-0.05, 0) is 12.8 Å². The van der Waals surface area contributed by atoms with E-state index >= 15 is 0 Å². The van der Waals surface area contributed by atoms with Crippen LogP contribution in [0.25, 0.3) is 0 Å². The molecular weight excluding hydrogens is 314 g/mol. The molecule has 0 aliphatic carbocycles. The lowest BCUT2D eigenvalue weighted by Gasteiger charge is -2.38. The van der Waals surface area contributed by atoms with E-state index in [1.54, 1.807) is 30.3 Å². The number of piperidine rings is 1. The summed E-state index contributed by atoms with van der Waals surface area (Å²) >= 11 is 1.71. The van der Waals surface area contributed by atoms with Gasteiger partial charge in [0.1, 0.15) is 11.6 Å². The molecule has 0 saturated carbocycles. The summed E-state index contributed by atoms with van der Waals surface area (Å²) < 4.78 is 11.8. The van der Waals surface area contributed by atoms with Gasteiger partial charge >= 0.3 is 0 Å². The van der Waals surface area contributed by atoms with Crippen molar-refractivity contribution in [3.63, 3.8) is 0 Å². The maximum atomic E-state index is 11.6. The summed E-state index contributed by atoms with van der Waals surface area (Å²) in [6.45, 7) is 3.75. The van der Waals surface area contributed by atoms with Crippen molar-refractivity contribution >= 4 is 17.2 Å². The summed E-state index contributed by atoms with van der Waals surface area (Å²) in [5.74, 6) is 0.00390. The molecule has 1 aromatic heterocycles. The Morgan fingerprint density at radius 3 is 2.96 bits per heavy atom. The lowest BCUT2D eigenvalue weighted by atomic mass is 9.88. The lowest BCUT2D eigenvalue weighted by Crippen LogP contribution is -2.44. The number of thiazole rings is 1. The van der Waals surface area contributed by atoms with Crippen LogP contribution in [-0.2, 0) is 20.8 Å². The molecule has 3 heterocycles. The molecule has 3 rings (SSSR count). The van der Waals surface area contributed by atoms with Crippen LogP contribution in [0.1, 0.15) is 24.3 Å². The zero-order chi connectivity index (χ0) is 16.3. The minimum Gasteiger partial charge on any atom is -0.372 e. The molecule has 1 atom stereocenters. The number of amides is 1. The van der Waals surface area contributed by atoms with Crippen LogP contribution in [0.4, 0.5) is 0 Å². The van der Waals surface area contributed by atoms with Gasteiger partial charge in [0.15, 0.2) is 0 Å². The van der Waals surface area contributed by atoms with Crippen LogP contribution in [0.5, 0.6) is 0 Å². The van der Waals surface area contributed by atoms with Gasteiger partial charge in [0.05, 0.1) is 24.9 Å². The summed E-state index contributed by atoms with van der Waals surface area (Å²) in [6, 6.07) is 0. The van der Waals surface area contributed by atoms with Crippen molar-refractivity contribution in [3.8, 4) is 0 Å². The number of nitrogens with zero attached hydrogens (tertiary/aromatic N) is 3. The molecule has 1 amide bonds. The molecule has 1 unspecified atom stereocenters. The first-order chi connectivity index (χ1) is 11.1. The molecule has 0 aromatic carbocycles. The Balaban J connectivity index is 1.43. The van der Waals surface area contributed by atoms with Crippen molar-refractivity contribution < 1.29 is 14.3 Å². The molecule has 0 bridgehead atoms. The van der Waals surface area contributed by atoms with Gasteiger partial charge in [-0.1, -0.05) is 0 Å². The molecule has 1 spiro atoms. The van der Waals surface area contributed by atoms with E-state index in [-0.39, 0.29) is 24.2 Å². The average molecular weight is 339 g/mol. The minimum atomic E-state index is -0.0504. The Hall–Kier alpha value is -1.02. The Labute approximate surface area is 141 Å². The number of carbonyl (C=O) groups excluding carboxylic acids is 1. The second-order valence-corrected chi connectivity index (χ2v) is 7.60. The largest absolute Gasteiger partial charge is 0.372 e. The van der Waals surface area contributed by atoms with Crippen LogP contribution in [0, 0.1) is 0 Å². The highest BCUT2D eigenvalue weighted by Gasteiger charge is 2.43. The number of ether oxygens (including phenoxy) is 2. The second-order valence-electron chi connectivity index (χ2n) is 6.62. The molecule has 1 aromatic rings. The van der Waals surface area contributed by atoms with Gasteiger partial charge < -0.3 is 14.4 Å². The van der Waals surface area contributed by atoms with E-state index < -0.39 is 0 Å². The number of carbonyl (C=O) groups is 1. The highest BCUT2D eigenvalue weighted by Crippen LogP contribution is 2.37. The number of aromatic nitrogens is 1. The first kappa shape index (κ1) is 16.8. The van der Waals surface area contributed by atoms with E-state index in [9.17, 15) is 4.79 Å². The zero-order valence-electron chi connectivity index (χ0n) is 13.9. The normalized spacial score (nSPS) is 24.2. The van der Waals surface area contributed by atoms with Crippen LogP contribution < -0.4 is 0 Å². The average Bonchev–Trinajstić information content (AvgIpc) is 3.18. The smallest absolute Gasteiger partial charge is 0.248 e. The molecular formula is C16H25N3O3S. The van der Waals surface area contributed by atoms with E-state index in [4.69, 9.17) is 9.47 Å². The predicted molar refractivity (Wildman–Crippen MR) is 88.4 cm³/mol. The number of likely N-dealkylation sites (N-methyl/N-ethyl adjacent to an activating group) is 1. The fourth-order valence-electron chi connectivity index (χ4n) is 3.22. The minimum absolute atomic E-state index is 0.00390. The Kier molecular flexibility index (Phi) is 5.31. The van der Waals surface area contributed by atoms with Crippen molar-refractivity contribution in [2.24, 2.45) is 0 Å². The maximum absolute atomic E-state index is 11.6. The Morgan fingerprint density at radius 2 is 2.30 bits per heavy atom. The molecule has 2 fully saturated rings. The van der Waals surface area contributed by atoms with Crippen LogP contribution in [0.2, 0.25) is 0 Å². The van der Waals surface area contributed by atoms with Gasteiger partial charge in [0, 0.05) is 45.2 Å². The van der Waals surface area contributed by atoms with E-state index in [0.29, 0.717) is 6.61 Å². The first-order valence-electron chi connectivity index (χ1n) is 8.13. The van der Waals surface area contributed by atoms with Crippen molar-refractivity contribution in [1.29, 1.82) is 0 Å². The number of rotatable bonds is 5. The van der Waals surface area contributed by atoms with E-state index in [0.717, 1.165) is 38.9 Å². The van der Waals surface area contributed by atoms with Crippen molar-refractivity contribution in [2.75, 3.05) is 40.4 Å². The lowest BCUT2D eigenvalue weighted by molar-refractivity contribution is -0.135. The number of likely N-dealkylation sites (tertiary alicyclic amines) is 1. The molecule has 0 radical (unpaired) electrons. The molecule has 6 nitrogen and oxygen atoms in total. The van der Waals surface area contributed by atoms with Crippen LogP contribution in [-0.4, -0.2) is 72.8 Å². The van der Waals surface area contributed by atoms with E-state index in [1.165, 1.54) is 5.01 Å². The Morgan fingerprint density at radius 1 is 1.52 bits per heavy atom. The summed E-state index contributed by atoms with van der Waals surface area (Å²) in [5.41, 5.74) is -0.0504. The number of hydrogen-bond acceptors (Lipinski definition) is 6.